The standard InChI is InChI=1S/C8H8Br2O/c9-7-1-2-8(10)6(5-7)3-4-11/h1-2,5,11H,3-4H2. The molecule has 0 aliphatic rings. The first-order chi connectivity index (χ1) is 5.24. The maximum atomic E-state index is 8.70. The smallest absolute Gasteiger partial charge is 0.0471 e. The molecule has 0 aliphatic heterocycles. The molecule has 0 spiro atoms. The average Bonchev–Trinajstić information content (AvgIpc) is 1.98. The SMILES string of the molecule is OCCc1cc(Br)ccc1Br. The highest BCUT2D eigenvalue weighted by atomic mass is 79.9. The Bertz CT molecular complexity index is 248. The summed E-state index contributed by atoms with van der Waals surface area (Å²) in [6.45, 7) is 0.190. The Hall–Kier alpha value is 0.140. The first kappa shape index (κ1) is 9.23. The maximum Gasteiger partial charge on any atom is 0.0471 e. The second-order valence-electron chi connectivity index (χ2n) is 2.21. The van der Waals surface area contributed by atoms with E-state index in [1.807, 2.05) is 18.2 Å². The summed E-state index contributed by atoms with van der Waals surface area (Å²) in [4.78, 5) is 0. The van der Waals surface area contributed by atoms with E-state index in [0.29, 0.717) is 6.42 Å². The molecule has 0 radical (unpaired) electrons. The second-order valence-corrected chi connectivity index (χ2v) is 3.98. The van der Waals surface area contributed by atoms with Crippen LogP contribution in [-0.4, -0.2) is 11.7 Å². The molecule has 0 aliphatic carbocycles. The molecule has 0 heterocycles. The van der Waals surface area contributed by atoms with Gasteiger partial charge in [0.2, 0.25) is 0 Å². The summed E-state index contributed by atoms with van der Waals surface area (Å²) >= 11 is 6.76. The molecule has 1 nitrogen and oxygen atoms in total. The van der Waals surface area contributed by atoms with Gasteiger partial charge in [0.25, 0.3) is 0 Å². The number of hydrogen-bond acceptors (Lipinski definition) is 1. The fourth-order valence-corrected chi connectivity index (χ4v) is 1.71. The van der Waals surface area contributed by atoms with Crippen LogP contribution in [0.1, 0.15) is 5.56 Å². The first-order valence-corrected chi connectivity index (χ1v) is 4.87. The third-order valence-corrected chi connectivity index (χ3v) is 2.66. The van der Waals surface area contributed by atoms with E-state index in [0.717, 1.165) is 14.5 Å². The number of hydrogen-bond donors (Lipinski definition) is 1. The van der Waals surface area contributed by atoms with E-state index < -0.39 is 0 Å². The Morgan fingerprint density at radius 3 is 2.64 bits per heavy atom. The van der Waals surface area contributed by atoms with E-state index in [2.05, 4.69) is 31.9 Å². The molecule has 1 rings (SSSR count). The molecule has 1 N–H and O–H groups in total. The van der Waals surface area contributed by atoms with Gasteiger partial charge in [0.05, 0.1) is 0 Å². The number of benzene rings is 1. The lowest BCUT2D eigenvalue weighted by atomic mass is 10.2. The number of aliphatic hydroxyl groups excluding tert-OH is 1. The van der Waals surface area contributed by atoms with Gasteiger partial charge in [-0.2, -0.15) is 0 Å². The Labute approximate surface area is 82.7 Å². The molecule has 0 amide bonds. The van der Waals surface area contributed by atoms with Crippen molar-refractivity contribution in [3.8, 4) is 0 Å². The molecule has 11 heavy (non-hydrogen) atoms. The van der Waals surface area contributed by atoms with Crippen LogP contribution in [0.15, 0.2) is 27.1 Å². The Morgan fingerprint density at radius 2 is 2.00 bits per heavy atom. The van der Waals surface area contributed by atoms with Crippen LogP contribution >= 0.6 is 31.9 Å². The van der Waals surface area contributed by atoms with Crippen LogP contribution in [0.4, 0.5) is 0 Å². The lowest BCUT2D eigenvalue weighted by molar-refractivity contribution is 0.299. The van der Waals surface area contributed by atoms with Gasteiger partial charge < -0.3 is 5.11 Å². The van der Waals surface area contributed by atoms with Crippen molar-refractivity contribution in [2.45, 2.75) is 6.42 Å². The molecule has 0 saturated carbocycles. The molecule has 1 aromatic carbocycles. The molecule has 0 atom stereocenters. The molecule has 3 heteroatoms. The largest absolute Gasteiger partial charge is 0.396 e. The van der Waals surface area contributed by atoms with Crippen molar-refractivity contribution in [2.24, 2.45) is 0 Å². The van der Waals surface area contributed by atoms with Crippen molar-refractivity contribution in [1.82, 2.24) is 0 Å². The lowest BCUT2D eigenvalue weighted by Gasteiger charge is -2.01. The number of halogens is 2. The van der Waals surface area contributed by atoms with Crippen molar-refractivity contribution >= 4 is 31.9 Å². The van der Waals surface area contributed by atoms with Gasteiger partial charge in [-0.1, -0.05) is 31.9 Å². The third-order valence-electron chi connectivity index (χ3n) is 1.39. The van der Waals surface area contributed by atoms with E-state index in [1.54, 1.807) is 0 Å². The quantitative estimate of drug-likeness (QED) is 0.883. The van der Waals surface area contributed by atoms with Crippen molar-refractivity contribution < 1.29 is 5.11 Å². The molecular formula is C8H8Br2O. The van der Waals surface area contributed by atoms with Gasteiger partial charge in [-0.25, -0.2) is 0 Å². The van der Waals surface area contributed by atoms with Crippen LogP contribution in [0, 0.1) is 0 Å². The van der Waals surface area contributed by atoms with Gasteiger partial charge in [0, 0.05) is 15.6 Å². The second kappa shape index (κ2) is 4.24. The number of rotatable bonds is 2. The van der Waals surface area contributed by atoms with E-state index in [4.69, 9.17) is 5.11 Å². The van der Waals surface area contributed by atoms with Crippen LogP contribution in [0.3, 0.4) is 0 Å². The Kier molecular flexibility index (Phi) is 3.55. The molecule has 0 unspecified atom stereocenters. The summed E-state index contributed by atoms with van der Waals surface area (Å²) in [5.41, 5.74) is 1.13. The Morgan fingerprint density at radius 1 is 1.27 bits per heavy atom. The molecular weight excluding hydrogens is 272 g/mol. The van der Waals surface area contributed by atoms with Crippen LogP contribution in [0.2, 0.25) is 0 Å². The molecule has 0 saturated heterocycles. The summed E-state index contributed by atoms with van der Waals surface area (Å²) in [6.07, 6.45) is 0.694. The van der Waals surface area contributed by atoms with Crippen LogP contribution in [-0.2, 0) is 6.42 Å². The molecule has 0 bridgehead atoms. The highest BCUT2D eigenvalue weighted by Gasteiger charge is 1.98. The van der Waals surface area contributed by atoms with Gasteiger partial charge in [-0.15, -0.1) is 0 Å². The highest BCUT2D eigenvalue weighted by molar-refractivity contribution is 9.11. The van der Waals surface area contributed by atoms with E-state index in [1.165, 1.54) is 0 Å². The van der Waals surface area contributed by atoms with Gasteiger partial charge in [0.15, 0.2) is 0 Å². The van der Waals surface area contributed by atoms with Crippen LogP contribution in [0.25, 0.3) is 0 Å². The minimum Gasteiger partial charge on any atom is -0.396 e. The summed E-state index contributed by atoms with van der Waals surface area (Å²) in [5.74, 6) is 0. The zero-order valence-electron chi connectivity index (χ0n) is 5.85. The molecule has 1 aromatic rings. The normalized spacial score (nSPS) is 10.1. The summed E-state index contributed by atoms with van der Waals surface area (Å²) in [5, 5.41) is 8.70. The van der Waals surface area contributed by atoms with Crippen molar-refractivity contribution in [3.63, 3.8) is 0 Å². The van der Waals surface area contributed by atoms with E-state index >= 15 is 0 Å². The third kappa shape index (κ3) is 2.58. The molecule has 0 aromatic heterocycles. The van der Waals surface area contributed by atoms with E-state index in [-0.39, 0.29) is 6.61 Å². The van der Waals surface area contributed by atoms with Gasteiger partial charge in [0.1, 0.15) is 0 Å². The highest BCUT2D eigenvalue weighted by Crippen LogP contribution is 2.21. The van der Waals surface area contributed by atoms with Crippen molar-refractivity contribution in [1.29, 1.82) is 0 Å². The predicted molar refractivity (Wildman–Crippen MR) is 52.6 cm³/mol. The van der Waals surface area contributed by atoms with Crippen molar-refractivity contribution in [2.75, 3.05) is 6.61 Å². The summed E-state index contributed by atoms with van der Waals surface area (Å²) in [6, 6.07) is 5.93. The average molecular weight is 280 g/mol. The van der Waals surface area contributed by atoms with E-state index in [9.17, 15) is 0 Å². The van der Waals surface area contributed by atoms with Crippen LogP contribution < -0.4 is 0 Å². The Balaban J connectivity index is 2.93. The van der Waals surface area contributed by atoms with Crippen molar-refractivity contribution in [3.05, 3.63) is 32.7 Å². The maximum absolute atomic E-state index is 8.70. The zero-order chi connectivity index (χ0) is 8.27. The van der Waals surface area contributed by atoms with Gasteiger partial charge in [-0.05, 0) is 30.2 Å². The predicted octanol–water partition coefficient (Wildman–Crippen LogP) is 2.75. The minimum atomic E-state index is 0.190. The fourth-order valence-electron chi connectivity index (χ4n) is 0.855. The molecule has 60 valence electrons. The number of aliphatic hydroxyl groups is 1. The van der Waals surface area contributed by atoms with Gasteiger partial charge in [-0.3, -0.25) is 0 Å². The van der Waals surface area contributed by atoms with Gasteiger partial charge >= 0.3 is 0 Å². The summed E-state index contributed by atoms with van der Waals surface area (Å²) < 4.78 is 2.10. The minimum absolute atomic E-state index is 0.190. The first-order valence-electron chi connectivity index (χ1n) is 3.29. The summed E-state index contributed by atoms with van der Waals surface area (Å²) in [7, 11) is 0. The molecule has 0 fully saturated rings. The monoisotopic (exact) mass is 278 g/mol. The van der Waals surface area contributed by atoms with Crippen LogP contribution in [0.5, 0.6) is 0 Å². The lowest BCUT2D eigenvalue weighted by Crippen LogP contribution is -1.91. The fraction of sp³-hybridized carbons (Fsp3) is 0.250. The zero-order valence-corrected chi connectivity index (χ0v) is 9.02. The topological polar surface area (TPSA) is 20.2 Å².